The molecule has 0 radical (unpaired) electrons. The summed E-state index contributed by atoms with van der Waals surface area (Å²) in [5.41, 5.74) is 5.95. The Hall–Kier alpha value is -1.00. The van der Waals surface area contributed by atoms with Crippen LogP contribution < -0.4 is 5.73 Å². The third-order valence-electron chi connectivity index (χ3n) is 3.58. The van der Waals surface area contributed by atoms with Crippen molar-refractivity contribution in [1.82, 2.24) is 0 Å². The fraction of sp³-hybridized carbons (Fsp3) is 0.667. The van der Waals surface area contributed by atoms with Crippen LogP contribution in [-0.4, -0.2) is 29.3 Å². The Morgan fingerprint density at radius 2 is 2.12 bits per heavy atom. The molecule has 2 aliphatic carbocycles. The van der Waals surface area contributed by atoms with Crippen molar-refractivity contribution in [1.29, 1.82) is 0 Å². The lowest BCUT2D eigenvalue weighted by molar-refractivity contribution is -0.136. The van der Waals surface area contributed by atoms with Crippen molar-refractivity contribution in [2.45, 2.75) is 31.8 Å². The minimum atomic E-state index is -0.647. The summed E-state index contributed by atoms with van der Waals surface area (Å²) < 4.78 is 0. The maximum absolute atomic E-state index is 12.1. The largest absolute Gasteiger partial charge is 0.392 e. The maximum atomic E-state index is 12.1. The second-order valence-electron chi connectivity index (χ2n) is 4.61. The summed E-state index contributed by atoms with van der Waals surface area (Å²) in [6, 6.07) is 0. The van der Waals surface area contributed by atoms with Crippen LogP contribution >= 0.6 is 0 Å². The molecule has 0 aromatic carbocycles. The third-order valence-corrected chi connectivity index (χ3v) is 3.58. The van der Waals surface area contributed by atoms with Crippen LogP contribution in [0.1, 0.15) is 25.7 Å². The number of aliphatic hydroxyl groups excluding tert-OH is 1. The van der Waals surface area contributed by atoms with E-state index >= 15 is 0 Å². The van der Waals surface area contributed by atoms with Gasteiger partial charge in [-0.1, -0.05) is 6.42 Å². The Balaban J connectivity index is 2.28. The molecule has 88 valence electrons. The van der Waals surface area contributed by atoms with Gasteiger partial charge in [-0.15, -0.1) is 0 Å². The van der Waals surface area contributed by atoms with Gasteiger partial charge in [0.1, 0.15) is 0 Å². The van der Waals surface area contributed by atoms with E-state index in [9.17, 15) is 14.7 Å². The van der Waals surface area contributed by atoms with Crippen molar-refractivity contribution in [3.63, 3.8) is 0 Å². The second kappa shape index (κ2) is 4.47. The number of aliphatic hydroxyl groups is 1. The average molecular weight is 223 g/mol. The SMILES string of the molecule is NCCC1=CC(=O)C2C(O)CCCC2C1=O. The molecule has 0 spiro atoms. The summed E-state index contributed by atoms with van der Waals surface area (Å²) in [6.45, 7) is 0.380. The van der Waals surface area contributed by atoms with Gasteiger partial charge in [-0.05, 0) is 31.9 Å². The summed E-state index contributed by atoms with van der Waals surface area (Å²) in [6.07, 6.45) is 3.37. The highest BCUT2D eigenvalue weighted by Gasteiger charge is 2.43. The van der Waals surface area contributed by atoms with Gasteiger partial charge in [0, 0.05) is 11.5 Å². The Morgan fingerprint density at radius 1 is 1.38 bits per heavy atom. The molecule has 0 saturated heterocycles. The van der Waals surface area contributed by atoms with E-state index in [-0.39, 0.29) is 17.5 Å². The van der Waals surface area contributed by atoms with E-state index in [1.54, 1.807) is 0 Å². The highest BCUT2D eigenvalue weighted by molar-refractivity contribution is 6.11. The number of carbonyl (C=O) groups is 2. The molecule has 0 bridgehead atoms. The first-order valence-electron chi connectivity index (χ1n) is 5.82. The number of hydrogen-bond acceptors (Lipinski definition) is 4. The minimum Gasteiger partial charge on any atom is -0.392 e. The Labute approximate surface area is 94.5 Å². The Morgan fingerprint density at radius 3 is 2.81 bits per heavy atom. The summed E-state index contributed by atoms with van der Waals surface area (Å²) in [5.74, 6) is -0.875. The number of nitrogens with two attached hydrogens (primary N) is 1. The van der Waals surface area contributed by atoms with Gasteiger partial charge in [0.25, 0.3) is 0 Å². The van der Waals surface area contributed by atoms with Crippen molar-refractivity contribution in [2.24, 2.45) is 17.6 Å². The van der Waals surface area contributed by atoms with Gasteiger partial charge in [0.05, 0.1) is 12.0 Å². The second-order valence-corrected chi connectivity index (χ2v) is 4.61. The molecule has 3 unspecified atom stereocenters. The van der Waals surface area contributed by atoms with Crippen LogP contribution in [-0.2, 0) is 9.59 Å². The van der Waals surface area contributed by atoms with E-state index in [1.165, 1.54) is 6.08 Å². The Bertz CT molecular complexity index is 348. The van der Waals surface area contributed by atoms with E-state index in [2.05, 4.69) is 0 Å². The average Bonchev–Trinajstić information content (AvgIpc) is 2.25. The highest BCUT2D eigenvalue weighted by Crippen LogP contribution is 2.37. The molecule has 3 atom stereocenters. The van der Waals surface area contributed by atoms with Crippen LogP contribution in [0.4, 0.5) is 0 Å². The van der Waals surface area contributed by atoms with Gasteiger partial charge in [0.15, 0.2) is 11.6 Å². The molecular weight excluding hydrogens is 206 g/mol. The molecule has 1 fully saturated rings. The Kier molecular flexibility index (Phi) is 3.21. The van der Waals surface area contributed by atoms with Crippen molar-refractivity contribution < 1.29 is 14.7 Å². The molecule has 4 heteroatoms. The molecule has 4 nitrogen and oxygen atoms in total. The molecule has 0 aromatic rings. The van der Waals surface area contributed by atoms with Crippen molar-refractivity contribution >= 4 is 11.6 Å². The van der Waals surface area contributed by atoms with Gasteiger partial charge in [-0.2, -0.15) is 0 Å². The van der Waals surface area contributed by atoms with Gasteiger partial charge in [-0.25, -0.2) is 0 Å². The molecule has 16 heavy (non-hydrogen) atoms. The van der Waals surface area contributed by atoms with Crippen molar-refractivity contribution in [3.8, 4) is 0 Å². The summed E-state index contributed by atoms with van der Waals surface area (Å²) in [7, 11) is 0. The minimum absolute atomic E-state index is 0.0220. The first-order valence-corrected chi connectivity index (χ1v) is 5.82. The fourth-order valence-electron chi connectivity index (χ4n) is 2.78. The van der Waals surface area contributed by atoms with Crippen LogP contribution in [0.5, 0.6) is 0 Å². The van der Waals surface area contributed by atoms with Crippen LogP contribution in [0.25, 0.3) is 0 Å². The molecule has 0 aromatic heterocycles. The molecule has 0 aliphatic heterocycles. The number of ketones is 2. The topological polar surface area (TPSA) is 80.4 Å². The normalized spacial score (nSPS) is 34.6. The lowest BCUT2D eigenvalue weighted by Crippen LogP contribution is -2.44. The third kappa shape index (κ3) is 1.83. The van der Waals surface area contributed by atoms with E-state index in [0.717, 1.165) is 6.42 Å². The van der Waals surface area contributed by atoms with Crippen LogP contribution in [0.2, 0.25) is 0 Å². The number of carbonyl (C=O) groups excluding carboxylic acids is 2. The number of hydrogen-bond donors (Lipinski definition) is 2. The van der Waals surface area contributed by atoms with Crippen molar-refractivity contribution in [3.05, 3.63) is 11.6 Å². The lowest BCUT2D eigenvalue weighted by Gasteiger charge is -2.36. The summed E-state index contributed by atoms with van der Waals surface area (Å²) in [5, 5.41) is 9.78. The standard InChI is InChI=1S/C12H17NO3/c13-5-4-7-6-10(15)11-8(12(7)16)2-1-3-9(11)14/h6,8-9,11,14H,1-5,13H2. The zero-order valence-electron chi connectivity index (χ0n) is 9.19. The molecule has 0 amide bonds. The van der Waals surface area contributed by atoms with Gasteiger partial charge >= 0.3 is 0 Å². The molecule has 3 N–H and O–H groups in total. The summed E-state index contributed by atoms with van der Waals surface area (Å²) >= 11 is 0. The lowest BCUT2D eigenvalue weighted by atomic mass is 9.68. The summed E-state index contributed by atoms with van der Waals surface area (Å²) in [4.78, 5) is 23.9. The zero-order valence-corrected chi connectivity index (χ0v) is 9.19. The molecule has 2 rings (SSSR count). The van der Waals surface area contributed by atoms with Crippen LogP contribution in [0.15, 0.2) is 11.6 Å². The smallest absolute Gasteiger partial charge is 0.162 e. The first-order chi connectivity index (χ1) is 7.65. The van der Waals surface area contributed by atoms with E-state index < -0.39 is 12.0 Å². The van der Waals surface area contributed by atoms with Crippen molar-refractivity contribution in [2.75, 3.05) is 6.54 Å². The first kappa shape index (κ1) is 11.5. The maximum Gasteiger partial charge on any atom is 0.162 e. The van der Waals surface area contributed by atoms with Crippen LogP contribution in [0.3, 0.4) is 0 Å². The molecule has 0 heterocycles. The molecular formula is C12H17NO3. The van der Waals surface area contributed by atoms with Gasteiger partial charge < -0.3 is 10.8 Å². The highest BCUT2D eigenvalue weighted by atomic mass is 16.3. The quantitative estimate of drug-likeness (QED) is 0.700. The number of allylic oxidation sites excluding steroid dienone is 1. The molecule has 1 saturated carbocycles. The number of fused-ring (bicyclic) bond motifs is 1. The molecule has 2 aliphatic rings. The number of rotatable bonds is 2. The van der Waals surface area contributed by atoms with E-state index in [1.807, 2.05) is 0 Å². The fourth-order valence-corrected chi connectivity index (χ4v) is 2.78. The van der Waals surface area contributed by atoms with E-state index in [0.29, 0.717) is 31.4 Å². The van der Waals surface area contributed by atoms with Gasteiger partial charge in [-0.3, -0.25) is 9.59 Å². The van der Waals surface area contributed by atoms with Gasteiger partial charge in [0.2, 0.25) is 0 Å². The predicted octanol–water partition coefficient (Wildman–Crippen LogP) is 0.191. The zero-order chi connectivity index (χ0) is 11.7. The number of Topliss-reactive ketones (excluding diaryl/α,β-unsaturated/α-hetero) is 1. The predicted molar refractivity (Wildman–Crippen MR) is 58.6 cm³/mol. The van der Waals surface area contributed by atoms with Crippen LogP contribution in [0, 0.1) is 11.8 Å². The van der Waals surface area contributed by atoms with E-state index in [4.69, 9.17) is 5.73 Å². The monoisotopic (exact) mass is 223 g/mol.